The Morgan fingerprint density at radius 3 is 2.65 bits per heavy atom. The molecular formula is C15H24N2O3. The van der Waals surface area contributed by atoms with Crippen LogP contribution in [0.4, 0.5) is 0 Å². The molecule has 0 heterocycles. The van der Waals surface area contributed by atoms with E-state index >= 15 is 0 Å². The molecule has 1 aromatic rings. The number of nitrogens with one attached hydrogen (secondary N) is 1. The Morgan fingerprint density at radius 1 is 1.35 bits per heavy atom. The molecule has 1 amide bonds. The van der Waals surface area contributed by atoms with E-state index in [0.29, 0.717) is 0 Å². The first-order valence-corrected chi connectivity index (χ1v) is 6.75. The summed E-state index contributed by atoms with van der Waals surface area (Å²) in [5, 5.41) is 2.86. The summed E-state index contributed by atoms with van der Waals surface area (Å²) in [4.78, 5) is 11.8. The maximum absolute atomic E-state index is 11.8. The van der Waals surface area contributed by atoms with Crippen molar-refractivity contribution in [1.29, 1.82) is 0 Å². The van der Waals surface area contributed by atoms with Crippen molar-refractivity contribution in [2.45, 2.75) is 39.0 Å². The molecule has 20 heavy (non-hydrogen) atoms. The first kappa shape index (κ1) is 16.5. The molecule has 2 unspecified atom stereocenters. The predicted molar refractivity (Wildman–Crippen MR) is 78.6 cm³/mol. The van der Waals surface area contributed by atoms with Crippen LogP contribution in [0.15, 0.2) is 24.3 Å². The Bertz CT molecular complexity index is 435. The summed E-state index contributed by atoms with van der Waals surface area (Å²) >= 11 is 0. The molecule has 112 valence electrons. The first-order valence-electron chi connectivity index (χ1n) is 6.75. The number of carbonyl (C=O) groups is 1. The molecule has 0 aliphatic rings. The van der Waals surface area contributed by atoms with Gasteiger partial charge in [-0.1, -0.05) is 12.1 Å². The minimum absolute atomic E-state index is 0.116. The number of carbonyl (C=O) groups excluding carboxylic acids is 1. The highest BCUT2D eigenvalue weighted by Gasteiger charge is 2.16. The van der Waals surface area contributed by atoms with Crippen molar-refractivity contribution < 1.29 is 14.3 Å². The van der Waals surface area contributed by atoms with Crippen LogP contribution < -0.4 is 15.8 Å². The van der Waals surface area contributed by atoms with Gasteiger partial charge in [-0.3, -0.25) is 4.79 Å². The molecular weight excluding hydrogens is 256 g/mol. The van der Waals surface area contributed by atoms with Crippen LogP contribution in [-0.2, 0) is 9.53 Å². The number of nitrogens with two attached hydrogens (primary N) is 1. The molecule has 0 aliphatic heterocycles. The average molecular weight is 280 g/mol. The Hall–Kier alpha value is -1.59. The molecule has 0 saturated heterocycles. The lowest BCUT2D eigenvalue weighted by molar-refractivity contribution is -0.124. The second kappa shape index (κ2) is 7.87. The average Bonchev–Trinajstić information content (AvgIpc) is 2.38. The predicted octanol–water partition coefficient (Wildman–Crippen LogP) is 1.62. The minimum Gasteiger partial charge on any atom is -0.491 e. The van der Waals surface area contributed by atoms with E-state index in [0.717, 1.165) is 11.3 Å². The second-order valence-electron chi connectivity index (χ2n) is 5.03. The van der Waals surface area contributed by atoms with Crippen LogP contribution in [0.25, 0.3) is 0 Å². The van der Waals surface area contributed by atoms with Crippen molar-refractivity contribution in [2.24, 2.45) is 5.73 Å². The van der Waals surface area contributed by atoms with Crippen LogP contribution in [-0.4, -0.2) is 31.8 Å². The van der Waals surface area contributed by atoms with Crippen molar-refractivity contribution >= 4 is 5.91 Å². The Balaban J connectivity index is 2.67. The molecule has 2 atom stereocenters. The number of hydrogen-bond acceptors (Lipinski definition) is 4. The number of ether oxygens (including phenoxy) is 2. The monoisotopic (exact) mass is 280 g/mol. The molecule has 0 aliphatic carbocycles. The van der Waals surface area contributed by atoms with Gasteiger partial charge in [-0.2, -0.15) is 0 Å². The highest BCUT2D eigenvalue weighted by Crippen LogP contribution is 2.20. The van der Waals surface area contributed by atoms with Gasteiger partial charge in [-0.15, -0.1) is 0 Å². The molecule has 0 saturated carbocycles. The zero-order valence-corrected chi connectivity index (χ0v) is 12.6. The zero-order valence-electron chi connectivity index (χ0n) is 12.6. The first-order chi connectivity index (χ1) is 9.43. The third-order valence-corrected chi connectivity index (χ3v) is 2.77. The van der Waals surface area contributed by atoms with Crippen LogP contribution in [0.5, 0.6) is 5.75 Å². The fourth-order valence-corrected chi connectivity index (χ4v) is 1.79. The molecule has 0 radical (unpaired) electrons. The van der Waals surface area contributed by atoms with E-state index in [-0.39, 0.29) is 24.7 Å². The van der Waals surface area contributed by atoms with Crippen LogP contribution in [0.2, 0.25) is 0 Å². The molecule has 1 rings (SSSR count). The summed E-state index contributed by atoms with van der Waals surface area (Å²) in [6.45, 7) is 6.06. The van der Waals surface area contributed by atoms with Gasteiger partial charge >= 0.3 is 0 Å². The van der Waals surface area contributed by atoms with Gasteiger partial charge in [0.05, 0.1) is 18.8 Å². The smallest absolute Gasteiger partial charge is 0.239 e. The topological polar surface area (TPSA) is 73.6 Å². The van der Waals surface area contributed by atoms with Crippen molar-refractivity contribution in [1.82, 2.24) is 5.32 Å². The molecule has 0 bridgehead atoms. The molecule has 1 aromatic carbocycles. The maximum atomic E-state index is 11.8. The summed E-state index contributed by atoms with van der Waals surface area (Å²) in [5.74, 6) is 0.564. The van der Waals surface area contributed by atoms with Crippen molar-refractivity contribution in [3.63, 3.8) is 0 Å². The largest absolute Gasteiger partial charge is 0.491 e. The molecule has 5 nitrogen and oxygen atoms in total. The number of rotatable bonds is 7. The number of hydrogen-bond donors (Lipinski definition) is 2. The quantitative estimate of drug-likeness (QED) is 0.796. The molecule has 0 aromatic heterocycles. The van der Waals surface area contributed by atoms with Crippen LogP contribution in [0.1, 0.15) is 32.4 Å². The Labute approximate surface area is 120 Å². The van der Waals surface area contributed by atoms with Crippen LogP contribution in [0, 0.1) is 0 Å². The van der Waals surface area contributed by atoms with Crippen LogP contribution in [0.3, 0.4) is 0 Å². The highest BCUT2D eigenvalue weighted by molar-refractivity contribution is 5.82. The lowest BCUT2D eigenvalue weighted by Crippen LogP contribution is -2.44. The van der Waals surface area contributed by atoms with Gasteiger partial charge in [-0.25, -0.2) is 0 Å². The van der Waals surface area contributed by atoms with Crippen molar-refractivity contribution in [3.05, 3.63) is 29.8 Å². The molecule has 0 spiro atoms. The standard InChI is InChI=1S/C15H24N2O3/c1-10(2)20-13-7-5-6-12(8-13)11(3)17-15(18)14(16)9-19-4/h5-8,10-11,14H,9,16H2,1-4H3,(H,17,18). The van der Waals surface area contributed by atoms with Crippen molar-refractivity contribution in [2.75, 3.05) is 13.7 Å². The molecule has 5 heteroatoms. The van der Waals surface area contributed by atoms with Crippen molar-refractivity contribution in [3.8, 4) is 5.75 Å². The summed E-state index contributed by atoms with van der Waals surface area (Å²) in [6, 6.07) is 6.88. The SMILES string of the molecule is COCC(N)C(=O)NC(C)c1cccc(OC(C)C)c1. The van der Waals surface area contributed by atoms with Gasteiger partial charge in [0.15, 0.2) is 0 Å². The summed E-state index contributed by atoms with van der Waals surface area (Å²) in [5.41, 5.74) is 6.66. The van der Waals surface area contributed by atoms with Gasteiger partial charge in [-0.05, 0) is 38.5 Å². The third kappa shape index (κ3) is 5.19. The van der Waals surface area contributed by atoms with E-state index in [1.54, 1.807) is 0 Å². The van der Waals surface area contributed by atoms with E-state index in [1.165, 1.54) is 7.11 Å². The van der Waals surface area contributed by atoms with Gasteiger partial charge in [0, 0.05) is 7.11 Å². The van der Waals surface area contributed by atoms with E-state index in [4.69, 9.17) is 15.2 Å². The normalized spacial score (nSPS) is 13.9. The van der Waals surface area contributed by atoms with Gasteiger partial charge in [0.1, 0.15) is 11.8 Å². The van der Waals surface area contributed by atoms with Crippen LogP contribution >= 0.6 is 0 Å². The summed E-state index contributed by atoms with van der Waals surface area (Å²) in [6.07, 6.45) is 0.116. The maximum Gasteiger partial charge on any atom is 0.239 e. The zero-order chi connectivity index (χ0) is 15.1. The Kier molecular flexibility index (Phi) is 6.48. The minimum atomic E-state index is -0.655. The number of methoxy groups -OCH3 is 1. The second-order valence-corrected chi connectivity index (χ2v) is 5.03. The van der Waals surface area contributed by atoms with Gasteiger partial charge in [0.2, 0.25) is 5.91 Å². The van der Waals surface area contributed by atoms with E-state index < -0.39 is 6.04 Å². The lowest BCUT2D eigenvalue weighted by atomic mass is 10.1. The fourth-order valence-electron chi connectivity index (χ4n) is 1.79. The Morgan fingerprint density at radius 2 is 2.05 bits per heavy atom. The molecule has 0 fully saturated rings. The van der Waals surface area contributed by atoms with Gasteiger partial charge in [0.25, 0.3) is 0 Å². The number of amides is 1. The number of benzene rings is 1. The lowest BCUT2D eigenvalue weighted by Gasteiger charge is -2.18. The molecule has 3 N–H and O–H groups in total. The third-order valence-electron chi connectivity index (χ3n) is 2.77. The summed E-state index contributed by atoms with van der Waals surface area (Å²) < 4.78 is 10.5. The fraction of sp³-hybridized carbons (Fsp3) is 0.533. The van der Waals surface area contributed by atoms with E-state index in [1.807, 2.05) is 45.0 Å². The summed E-state index contributed by atoms with van der Waals surface area (Å²) in [7, 11) is 1.52. The van der Waals surface area contributed by atoms with E-state index in [9.17, 15) is 4.79 Å². The van der Waals surface area contributed by atoms with E-state index in [2.05, 4.69) is 5.32 Å². The van der Waals surface area contributed by atoms with Gasteiger partial charge < -0.3 is 20.5 Å². The highest BCUT2D eigenvalue weighted by atomic mass is 16.5.